The molecular weight excluding hydrogens is 188 g/mol. The minimum atomic E-state index is 0.340. The van der Waals surface area contributed by atoms with Crippen LogP contribution in [0.25, 0.3) is 0 Å². The highest BCUT2D eigenvalue weighted by Gasteiger charge is 2.32. The lowest BCUT2D eigenvalue weighted by Gasteiger charge is -2.22. The molecule has 1 aliphatic heterocycles. The van der Waals surface area contributed by atoms with Crippen molar-refractivity contribution in [1.82, 2.24) is 9.88 Å². The van der Waals surface area contributed by atoms with Crippen molar-refractivity contribution in [2.75, 3.05) is 7.05 Å². The fourth-order valence-corrected chi connectivity index (χ4v) is 2.29. The second-order valence-corrected chi connectivity index (χ2v) is 4.10. The van der Waals surface area contributed by atoms with Crippen molar-refractivity contribution < 1.29 is 5.11 Å². The first-order chi connectivity index (χ1) is 7.24. The van der Waals surface area contributed by atoms with E-state index in [0.29, 0.717) is 12.0 Å². The van der Waals surface area contributed by atoms with Gasteiger partial charge < -0.3 is 10.0 Å². The van der Waals surface area contributed by atoms with Gasteiger partial charge in [0.1, 0.15) is 0 Å². The van der Waals surface area contributed by atoms with E-state index in [1.165, 1.54) is 11.8 Å². The Kier molecular flexibility index (Phi) is 2.62. The SMILES string of the molecule is CC1C[C@@H](c2cccnc2)N(C)/C1=C/O. The number of rotatable bonds is 1. The number of aliphatic hydroxyl groups excluding tert-OH is 1. The van der Waals surface area contributed by atoms with Gasteiger partial charge in [-0.1, -0.05) is 13.0 Å². The molecule has 3 heteroatoms. The summed E-state index contributed by atoms with van der Waals surface area (Å²) in [7, 11) is 2.02. The van der Waals surface area contributed by atoms with E-state index >= 15 is 0 Å². The standard InChI is InChI=1S/C12H16N2O/c1-9-6-11(14(2)12(9)8-15)10-4-3-5-13-7-10/h3-5,7-9,11,15H,6H2,1-2H3/b12-8+/t9?,11-/m0/s1. The molecule has 0 radical (unpaired) electrons. The van der Waals surface area contributed by atoms with Gasteiger partial charge in [-0.3, -0.25) is 4.98 Å². The molecule has 1 aromatic heterocycles. The molecule has 3 nitrogen and oxygen atoms in total. The first-order valence-electron chi connectivity index (χ1n) is 5.21. The number of hydrogen-bond donors (Lipinski definition) is 1. The molecule has 1 aliphatic rings. The molecule has 80 valence electrons. The van der Waals surface area contributed by atoms with Gasteiger partial charge in [0.05, 0.1) is 18.0 Å². The van der Waals surface area contributed by atoms with Crippen LogP contribution in [-0.2, 0) is 0 Å². The maximum Gasteiger partial charge on any atom is 0.0985 e. The summed E-state index contributed by atoms with van der Waals surface area (Å²) in [6.45, 7) is 2.13. The van der Waals surface area contributed by atoms with Gasteiger partial charge in [-0.2, -0.15) is 0 Å². The summed E-state index contributed by atoms with van der Waals surface area (Å²) in [5, 5.41) is 9.15. The molecule has 1 fully saturated rings. The normalized spacial score (nSPS) is 28.7. The van der Waals surface area contributed by atoms with Crippen molar-refractivity contribution >= 4 is 0 Å². The molecule has 15 heavy (non-hydrogen) atoms. The minimum Gasteiger partial charge on any atom is -0.514 e. The molecule has 1 unspecified atom stereocenters. The van der Waals surface area contributed by atoms with Crippen LogP contribution in [0.5, 0.6) is 0 Å². The first-order valence-corrected chi connectivity index (χ1v) is 5.21. The number of hydrogen-bond acceptors (Lipinski definition) is 3. The van der Waals surface area contributed by atoms with Crippen molar-refractivity contribution in [2.24, 2.45) is 5.92 Å². The van der Waals surface area contributed by atoms with Crippen LogP contribution < -0.4 is 0 Å². The van der Waals surface area contributed by atoms with Gasteiger partial charge in [0.15, 0.2) is 0 Å². The second kappa shape index (κ2) is 3.93. The van der Waals surface area contributed by atoms with Gasteiger partial charge in [0.25, 0.3) is 0 Å². The Morgan fingerprint density at radius 3 is 2.93 bits per heavy atom. The van der Waals surface area contributed by atoms with Gasteiger partial charge in [0.2, 0.25) is 0 Å². The van der Waals surface area contributed by atoms with Crippen LogP contribution in [0.2, 0.25) is 0 Å². The molecule has 2 atom stereocenters. The summed E-state index contributed by atoms with van der Waals surface area (Å²) in [6.07, 6.45) is 5.94. The van der Waals surface area contributed by atoms with Crippen molar-refractivity contribution in [1.29, 1.82) is 0 Å². The van der Waals surface area contributed by atoms with Gasteiger partial charge in [-0.25, -0.2) is 0 Å². The number of aromatic nitrogens is 1. The van der Waals surface area contributed by atoms with E-state index in [0.717, 1.165) is 12.1 Å². The van der Waals surface area contributed by atoms with Crippen molar-refractivity contribution in [3.05, 3.63) is 42.0 Å². The Bertz CT molecular complexity index is 361. The number of aliphatic hydroxyl groups is 1. The zero-order valence-corrected chi connectivity index (χ0v) is 9.09. The molecule has 0 amide bonds. The fraction of sp³-hybridized carbons (Fsp3) is 0.417. The zero-order valence-electron chi connectivity index (χ0n) is 9.09. The van der Waals surface area contributed by atoms with Crippen LogP contribution in [0, 0.1) is 5.92 Å². The van der Waals surface area contributed by atoms with Gasteiger partial charge >= 0.3 is 0 Å². The third kappa shape index (κ3) is 1.69. The molecule has 2 heterocycles. The molecule has 2 rings (SSSR count). The lowest BCUT2D eigenvalue weighted by atomic mass is 10.0. The number of likely N-dealkylation sites (tertiary alicyclic amines) is 1. The van der Waals surface area contributed by atoms with Gasteiger partial charge in [0, 0.05) is 25.4 Å². The molecule has 1 N–H and O–H groups in total. The summed E-state index contributed by atoms with van der Waals surface area (Å²) in [5.41, 5.74) is 2.22. The van der Waals surface area contributed by atoms with Crippen LogP contribution in [-0.4, -0.2) is 22.0 Å². The molecule has 0 aliphatic carbocycles. The van der Waals surface area contributed by atoms with Crippen LogP contribution in [0.3, 0.4) is 0 Å². The molecule has 0 spiro atoms. The summed E-state index contributed by atoms with van der Waals surface area (Å²) >= 11 is 0. The highest BCUT2D eigenvalue weighted by molar-refractivity contribution is 5.21. The molecule has 0 bridgehead atoms. The van der Waals surface area contributed by atoms with Crippen LogP contribution >= 0.6 is 0 Å². The first kappa shape index (κ1) is 10.0. The third-order valence-electron chi connectivity index (χ3n) is 3.16. The molecule has 0 saturated carbocycles. The fourth-order valence-electron chi connectivity index (χ4n) is 2.29. The van der Waals surface area contributed by atoms with E-state index in [4.69, 9.17) is 5.11 Å². The summed E-state index contributed by atoms with van der Waals surface area (Å²) < 4.78 is 0. The third-order valence-corrected chi connectivity index (χ3v) is 3.16. The molecular formula is C12H16N2O. The lowest BCUT2D eigenvalue weighted by molar-refractivity contribution is 0.342. The van der Waals surface area contributed by atoms with Gasteiger partial charge in [-0.15, -0.1) is 0 Å². The van der Waals surface area contributed by atoms with Crippen molar-refractivity contribution in [2.45, 2.75) is 19.4 Å². The Morgan fingerprint density at radius 2 is 2.40 bits per heavy atom. The topological polar surface area (TPSA) is 36.4 Å². The van der Waals surface area contributed by atoms with Crippen LogP contribution in [0.1, 0.15) is 24.9 Å². The average molecular weight is 204 g/mol. The van der Waals surface area contributed by atoms with E-state index in [-0.39, 0.29) is 0 Å². The maximum atomic E-state index is 9.15. The number of nitrogens with zero attached hydrogens (tertiary/aromatic N) is 2. The van der Waals surface area contributed by atoms with Gasteiger partial charge in [-0.05, 0) is 18.1 Å². The summed E-state index contributed by atoms with van der Waals surface area (Å²) in [5.74, 6) is 0.408. The number of allylic oxidation sites excluding steroid dienone is 1. The Hall–Kier alpha value is -1.51. The summed E-state index contributed by atoms with van der Waals surface area (Å²) in [4.78, 5) is 6.26. The van der Waals surface area contributed by atoms with Crippen molar-refractivity contribution in [3.63, 3.8) is 0 Å². The Morgan fingerprint density at radius 1 is 1.60 bits per heavy atom. The Labute approximate surface area is 90.1 Å². The van der Waals surface area contributed by atoms with Crippen LogP contribution in [0.15, 0.2) is 36.5 Å². The molecule has 1 saturated heterocycles. The average Bonchev–Trinajstić information content (AvgIpc) is 2.55. The highest BCUT2D eigenvalue weighted by Crippen LogP contribution is 2.40. The smallest absolute Gasteiger partial charge is 0.0985 e. The molecule has 1 aromatic rings. The quantitative estimate of drug-likeness (QED) is 0.714. The summed E-state index contributed by atoms with van der Waals surface area (Å²) in [6, 6.07) is 4.38. The van der Waals surface area contributed by atoms with Crippen LogP contribution in [0.4, 0.5) is 0 Å². The largest absolute Gasteiger partial charge is 0.514 e. The lowest BCUT2D eigenvalue weighted by Crippen LogP contribution is -2.16. The predicted molar refractivity (Wildman–Crippen MR) is 59.2 cm³/mol. The predicted octanol–water partition coefficient (Wildman–Crippen LogP) is 2.49. The highest BCUT2D eigenvalue weighted by atomic mass is 16.2. The van der Waals surface area contributed by atoms with E-state index in [1.807, 2.05) is 19.3 Å². The zero-order chi connectivity index (χ0) is 10.8. The monoisotopic (exact) mass is 204 g/mol. The Balaban J connectivity index is 2.27. The second-order valence-electron chi connectivity index (χ2n) is 4.10. The van der Waals surface area contributed by atoms with Crippen molar-refractivity contribution in [3.8, 4) is 0 Å². The van der Waals surface area contributed by atoms with E-state index < -0.39 is 0 Å². The van der Waals surface area contributed by atoms with E-state index in [9.17, 15) is 0 Å². The van der Waals surface area contributed by atoms with E-state index in [1.54, 1.807) is 6.20 Å². The van der Waals surface area contributed by atoms with E-state index in [2.05, 4.69) is 22.9 Å². The maximum absolute atomic E-state index is 9.15. The molecule has 0 aromatic carbocycles. The number of pyridine rings is 1. The minimum absolute atomic E-state index is 0.340.